The summed E-state index contributed by atoms with van der Waals surface area (Å²) >= 11 is 0. The van der Waals surface area contributed by atoms with Crippen molar-refractivity contribution < 1.29 is 4.79 Å². The molecule has 0 unspecified atom stereocenters. The Bertz CT molecular complexity index is 663. The van der Waals surface area contributed by atoms with E-state index in [1.165, 1.54) is 0 Å². The van der Waals surface area contributed by atoms with Crippen LogP contribution in [0, 0.1) is 0 Å². The predicted octanol–water partition coefficient (Wildman–Crippen LogP) is 3.54. The molecular formula is C18H24N4O. The first-order chi connectivity index (χ1) is 11.0. The lowest BCUT2D eigenvalue weighted by Gasteiger charge is -2.24. The van der Waals surface area contributed by atoms with E-state index in [1.54, 1.807) is 17.4 Å². The van der Waals surface area contributed by atoms with Crippen LogP contribution in [0.2, 0.25) is 0 Å². The van der Waals surface area contributed by atoms with Crippen LogP contribution in [0.15, 0.2) is 55.1 Å². The molecule has 0 spiro atoms. The minimum absolute atomic E-state index is 0.0731. The molecule has 5 heteroatoms. The van der Waals surface area contributed by atoms with E-state index in [1.807, 2.05) is 49.7 Å². The molecule has 1 atom stereocenters. The molecule has 2 amide bonds. The molecule has 1 heterocycles. The maximum atomic E-state index is 12.4. The summed E-state index contributed by atoms with van der Waals surface area (Å²) in [4.78, 5) is 18.2. The number of nitrogens with one attached hydrogen (secondary N) is 1. The molecular weight excluding hydrogens is 288 g/mol. The average Bonchev–Trinajstić information content (AvgIpc) is 3.06. The smallest absolute Gasteiger partial charge is 0.318 e. The van der Waals surface area contributed by atoms with E-state index < -0.39 is 0 Å². The monoisotopic (exact) mass is 312 g/mol. The molecule has 0 saturated carbocycles. The van der Waals surface area contributed by atoms with Gasteiger partial charge in [-0.2, -0.15) is 0 Å². The van der Waals surface area contributed by atoms with Gasteiger partial charge < -0.3 is 14.8 Å². The van der Waals surface area contributed by atoms with Gasteiger partial charge in [0.1, 0.15) is 0 Å². The van der Waals surface area contributed by atoms with Crippen LogP contribution in [0.25, 0.3) is 5.69 Å². The third-order valence-electron chi connectivity index (χ3n) is 3.64. The van der Waals surface area contributed by atoms with Crippen LogP contribution in [0.3, 0.4) is 0 Å². The first-order valence-corrected chi connectivity index (χ1v) is 7.79. The quantitative estimate of drug-likeness (QED) is 0.829. The van der Waals surface area contributed by atoms with Gasteiger partial charge in [0.15, 0.2) is 0 Å². The summed E-state index contributed by atoms with van der Waals surface area (Å²) in [6.45, 7) is 11.0. The summed E-state index contributed by atoms with van der Waals surface area (Å²) in [6, 6.07) is 7.92. The fourth-order valence-electron chi connectivity index (χ4n) is 2.38. The fraction of sp³-hybridized carbons (Fsp3) is 0.333. The lowest BCUT2D eigenvalue weighted by Crippen LogP contribution is -2.41. The van der Waals surface area contributed by atoms with Crippen molar-refractivity contribution in [2.75, 3.05) is 13.1 Å². The first-order valence-electron chi connectivity index (χ1n) is 7.79. The second-order valence-electron chi connectivity index (χ2n) is 5.71. The standard InChI is InChI=1S/C18H24N4O/c1-5-21(12-14(2)3)18(23)20-15(4)16-7-6-8-17(11-16)22-10-9-19-13-22/h6-11,13,15H,2,5,12H2,1,3-4H3,(H,20,23)/t15-/m1/s1. The van der Waals surface area contributed by atoms with Crippen LogP contribution in [0.5, 0.6) is 0 Å². The Labute approximate surface area is 137 Å². The highest BCUT2D eigenvalue weighted by atomic mass is 16.2. The minimum atomic E-state index is -0.0786. The van der Waals surface area contributed by atoms with Crippen LogP contribution >= 0.6 is 0 Å². The van der Waals surface area contributed by atoms with Crippen molar-refractivity contribution in [1.29, 1.82) is 0 Å². The van der Waals surface area contributed by atoms with E-state index >= 15 is 0 Å². The van der Waals surface area contributed by atoms with Crippen LogP contribution in [-0.4, -0.2) is 33.6 Å². The van der Waals surface area contributed by atoms with Crippen LogP contribution < -0.4 is 5.32 Å². The Morgan fingerprint density at radius 3 is 2.87 bits per heavy atom. The van der Waals surface area contributed by atoms with Crippen molar-refractivity contribution in [1.82, 2.24) is 19.8 Å². The molecule has 5 nitrogen and oxygen atoms in total. The highest BCUT2D eigenvalue weighted by Gasteiger charge is 2.15. The molecule has 0 saturated heterocycles. The zero-order valence-corrected chi connectivity index (χ0v) is 14.0. The number of likely N-dealkylation sites (N-methyl/N-ethyl adjacent to an activating group) is 1. The minimum Gasteiger partial charge on any atom is -0.331 e. The summed E-state index contributed by atoms with van der Waals surface area (Å²) in [5.74, 6) is 0. The number of urea groups is 1. The molecule has 0 aliphatic carbocycles. The Hall–Kier alpha value is -2.56. The molecule has 2 aromatic rings. The molecule has 0 aliphatic heterocycles. The van der Waals surface area contributed by atoms with Gasteiger partial charge in [0, 0.05) is 31.2 Å². The van der Waals surface area contributed by atoms with E-state index in [0.29, 0.717) is 13.1 Å². The van der Waals surface area contributed by atoms with Gasteiger partial charge in [-0.1, -0.05) is 24.3 Å². The van der Waals surface area contributed by atoms with Crippen LogP contribution in [0.1, 0.15) is 32.4 Å². The summed E-state index contributed by atoms with van der Waals surface area (Å²) in [5.41, 5.74) is 3.04. The molecule has 0 aliphatic rings. The van der Waals surface area contributed by atoms with E-state index in [9.17, 15) is 4.79 Å². The Balaban J connectivity index is 2.08. The maximum Gasteiger partial charge on any atom is 0.318 e. The second-order valence-corrected chi connectivity index (χ2v) is 5.71. The summed E-state index contributed by atoms with van der Waals surface area (Å²) < 4.78 is 1.94. The van der Waals surface area contributed by atoms with Gasteiger partial charge in [-0.15, -0.1) is 0 Å². The molecule has 122 valence electrons. The van der Waals surface area contributed by atoms with Crippen molar-refractivity contribution in [3.05, 3.63) is 60.7 Å². The van der Waals surface area contributed by atoms with Crippen molar-refractivity contribution in [2.24, 2.45) is 0 Å². The van der Waals surface area contributed by atoms with Crippen molar-refractivity contribution in [3.8, 4) is 5.69 Å². The number of imidazole rings is 1. The molecule has 0 fully saturated rings. The van der Waals surface area contributed by atoms with Gasteiger partial charge in [0.05, 0.1) is 12.4 Å². The number of benzene rings is 1. The van der Waals surface area contributed by atoms with E-state index in [4.69, 9.17) is 0 Å². The van der Waals surface area contributed by atoms with Crippen molar-refractivity contribution >= 4 is 6.03 Å². The summed E-state index contributed by atoms with van der Waals surface area (Å²) in [5, 5.41) is 3.05. The lowest BCUT2D eigenvalue weighted by molar-refractivity contribution is 0.201. The number of aromatic nitrogens is 2. The number of nitrogens with zero attached hydrogens (tertiary/aromatic N) is 3. The average molecular weight is 312 g/mol. The van der Waals surface area contributed by atoms with Gasteiger partial charge in [-0.3, -0.25) is 0 Å². The highest BCUT2D eigenvalue weighted by molar-refractivity contribution is 5.75. The molecule has 1 N–H and O–H groups in total. The van der Waals surface area contributed by atoms with Crippen LogP contribution in [0.4, 0.5) is 4.79 Å². The molecule has 0 radical (unpaired) electrons. The number of hydrogen-bond donors (Lipinski definition) is 1. The van der Waals surface area contributed by atoms with Gasteiger partial charge in [-0.05, 0) is 38.5 Å². The highest BCUT2D eigenvalue weighted by Crippen LogP contribution is 2.17. The number of hydrogen-bond acceptors (Lipinski definition) is 2. The number of rotatable bonds is 6. The molecule has 0 bridgehead atoms. The van der Waals surface area contributed by atoms with E-state index in [-0.39, 0.29) is 12.1 Å². The van der Waals surface area contributed by atoms with Crippen LogP contribution in [-0.2, 0) is 0 Å². The molecule has 1 aromatic heterocycles. The third kappa shape index (κ3) is 4.45. The van der Waals surface area contributed by atoms with Gasteiger partial charge in [0.2, 0.25) is 0 Å². The first kappa shape index (κ1) is 16.8. The van der Waals surface area contributed by atoms with Gasteiger partial charge in [0.25, 0.3) is 0 Å². The summed E-state index contributed by atoms with van der Waals surface area (Å²) in [7, 11) is 0. The topological polar surface area (TPSA) is 50.2 Å². The predicted molar refractivity (Wildman–Crippen MR) is 92.6 cm³/mol. The van der Waals surface area contributed by atoms with Crippen molar-refractivity contribution in [3.63, 3.8) is 0 Å². The second kappa shape index (κ2) is 7.63. The Kier molecular flexibility index (Phi) is 5.57. The summed E-state index contributed by atoms with van der Waals surface area (Å²) in [6.07, 6.45) is 5.40. The Morgan fingerprint density at radius 2 is 2.26 bits per heavy atom. The largest absolute Gasteiger partial charge is 0.331 e. The SMILES string of the molecule is C=C(C)CN(CC)C(=O)N[C@H](C)c1cccc(-n2ccnc2)c1. The zero-order chi connectivity index (χ0) is 16.8. The normalized spacial score (nSPS) is 11.8. The van der Waals surface area contributed by atoms with E-state index in [2.05, 4.69) is 22.9 Å². The molecule has 2 rings (SSSR count). The number of carbonyl (C=O) groups is 1. The Morgan fingerprint density at radius 1 is 1.48 bits per heavy atom. The van der Waals surface area contributed by atoms with Gasteiger partial charge in [-0.25, -0.2) is 9.78 Å². The van der Waals surface area contributed by atoms with E-state index in [0.717, 1.165) is 16.8 Å². The zero-order valence-electron chi connectivity index (χ0n) is 14.0. The molecule has 23 heavy (non-hydrogen) atoms. The maximum absolute atomic E-state index is 12.4. The van der Waals surface area contributed by atoms with Gasteiger partial charge >= 0.3 is 6.03 Å². The lowest BCUT2D eigenvalue weighted by atomic mass is 10.1. The third-order valence-corrected chi connectivity index (χ3v) is 3.64. The van der Waals surface area contributed by atoms with Crippen molar-refractivity contribution in [2.45, 2.75) is 26.8 Å². The number of amides is 2. The molecule has 1 aromatic carbocycles. The fourth-order valence-corrected chi connectivity index (χ4v) is 2.38. The number of carbonyl (C=O) groups excluding carboxylic acids is 1.